The lowest BCUT2D eigenvalue weighted by atomic mass is 9.66. The van der Waals surface area contributed by atoms with Gasteiger partial charge >= 0.3 is 0 Å². The Bertz CT molecular complexity index is 409. The van der Waals surface area contributed by atoms with Gasteiger partial charge in [0.15, 0.2) is 0 Å². The number of nitrogens with one attached hydrogen (secondary N) is 1. The summed E-state index contributed by atoms with van der Waals surface area (Å²) in [5.41, 5.74) is 1.64. The van der Waals surface area contributed by atoms with Crippen LogP contribution in [-0.2, 0) is 0 Å². The van der Waals surface area contributed by atoms with Gasteiger partial charge in [-0.3, -0.25) is 9.97 Å². The van der Waals surface area contributed by atoms with E-state index in [1.54, 1.807) is 6.20 Å². The summed E-state index contributed by atoms with van der Waals surface area (Å²) >= 11 is 0. The topological polar surface area (TPSA) is 37.8 Å². The fourth-order valence-electron chi connectivity index (χ4n) is 3.34. The molecular formula is C16H25N3. The Labute approximate surface area is 116 Å². The normalized spacial score (nSPS) is 30.2. The van der Waals surface area contributed by atoms with Crippen molar-refractivity contribution in [2.75, 3.05) is 6.54 Å². The molecule has 2 atom stereocenters. The summed E-state index contributed by atoms with van der Waals surface area (Å²) in [6, 6.07) is 0.803. The van der Waals surface area contributed by atoms with Crippen molar-refractivity contribution in [3.8, 4) is 0 Å². The number of aromatic nitrogens is 2. The molecule has 0 amide bonds. The lowest BCUT2D eigenvalue weighted by molar-refractivity contribution is 0.157. The van der Waals surface area contributed by atoms with E-state index in [0.29, 0.717) is 11.3 Å². The lowest BCUT2D eigenvalue weighted by Crippen LogP contribution is -2.35. The maximum Gasteiger partial charge on any atom is 0.0620 e. The molecular weight excluding hydrogens is 234 g/mol. The van der Waals surface area contributed by atoms with Crippen LogP contribution < -0.4 is 5.32 Å². The molecule has 2 unspecified atom stereocenters. The van der Waals surface area contributed by atoms with Crippen molar-refractivity contribution in [1.82, 2.24) is 15.3 Å². The van der Waals surface area contributed by atoms with E-state index < -0.39 is 0 Å². The number of hydrogen-bond acceptors (Lipinski definition) is 3. The van der Waals surface area contributed by atoms with Crippen molar-refractivity contribution < 1.29 is 0 Å². The van der Waals surface area contributed by atoms with E-state index in [1.165, 1.54) is 37.8 Å². The summed E-state index contributed by atoms with van der Waals surface area (Å²) < 4.78 is 0. The molecule has 0 aromatic carbocycles. The van der Waals surface area contributed by atoms with Crippen LogP contribution >= 0.6 is 0 Å². The fraction of sp³-hybridized carbons (Fsp3) is 0.750. The van der Waals surface area contributed by atoms with Gasteiger partial charge in [0.2, 0.25) is 0 Å². The van der Waals surface area contributed by atoms with Crippen LogP contribution in [0.3, 0.4) is 0 Å². The predicted molar refractivity (Wildman–Crippen MR) is 76.9 cm³/mol. The van der Waals surface area contributed by atoms with Gasteiger partial charge in [-0.25, -0.2) is 0 Å². The Kier molecular flexibility index (Phi) is 3.57. The largest absolute Gasteiger partial charge is 0.314 e. The van der Waals surface area contributed by atoms with Crippen LogP contribution in [0.25, 0.3) is 0 Å². The lowest BCUT2D eigenvalue weighted by Gasteiger charge is -2.40. The van der Waals surface area contributed by atoms with Gasteiger partial charge in [-0.2, -0.15) is 0 Å². The predicted octanol–water partition coefficient (Wildman–Crippen LogP) is 3.14. The third kappa shape index (κ3) is 3.33. The molecule has 3 heteroatoms. The summed E-state index contributed by atoms with van der Waals surface area (Å²) in [7, 11) is 0. The molecule has 0 aliphatic heterocycles. The van der Waals surface area contributed by atoms with Gasteiger partial charge in [0.05, 0.1) is 5.69 Å². The van der Waals surface area contributed by atoms with Crippen LogP contribution in [0.15, 0.2) is 18.6 Å². The highest BCUT2D eigenvalue weighted by atomic mass is 14.9. The average molecular weight is 259 g/mol. The highest BCUT2D eigenvalue weighted by Gasteiger charge is 2.37. The molecule has 3 rings (SSSR count). The summed E-state index contributed by atoms with van der Waals surface area (Å²) in [6.45, 7) is 5.93. The molecule has 2 saturated carbocycles. The van der Waals surface area contributed by atoms with E-state index in [0.717, 1.165) is 18.5 Å². The maximum atomic E-state index is 4.57. The maximum absolute atomic E-state index is 4.57. The third-order valence-electron chi connectivity index (χ3n) is 4.74. The molecule has 0 spiro atoms. The highest BCUT2D eigenvalue weighted by molar-refractivity contribution is 5.09. The van der Waals surface area contributed by atoms with Crippen molar-refractivity contribution in [2.45, 2.75) is 57.9 Å². The molecule has 0 radical (unpaired) electrons. The molecule has 0 bridgehead atoms. The van der Waals surface area contributed by atoms with Gasteiger partial charge in [0.1, 0.15) is 0 Å². The van der Waals surface area contributed by atoms with Gasteiger partial charge in [-0.05, 0) is 50.0 Å². The minimum atomic E-state index is 0.443. The van der Waals surface area contributed by atoms with E-state index in [4.69, 9.17) is 0 Å². The van der Waals surface area contributed by atoms with Gasteiger partial charge in [0, 0.05) is 30.6 Å². The number of nitrogens with zero attached hydrogens (tertiary/aromatic N) is 2. The first-order chi connectivity index (χ1) is 9.14. The zero-order valence-corrected chi connectivity index (χ0v) is 12.1. The fourth-order valence-corrected chi connectivity index (χ4v) is 3.34. The third-order valence-corrected chi connectivity index (χ3v) is 4.74. The zero-order chi connectivity index (χ0) is 13.3. The van der Waals surface area contributed by atoms with Crippen LogP contribution in [0.4, 0.5) is 0 Å². The Balaban J connectivity index is 1.72. The molecule has 2 aliphatic rings. The van der Waals surface area contributed by atoms with E-state index >= 15 is 0 Å². The van der Waals surface area contributed by atoms with Crippen LogP contribution in [0.1, 0.15) is 57.6 Å². The first-order valence-corrected chi connectivity index (χ1v) is 7.63. The summed E-state index contributed by atoms with van der Waals surface area (Å²) in [6.07, 6.45) is 12.2. The molecule has 0 saturated heterocycles. The molecule has 19 heavy (non-hydrogen) atoms. The van der Waals surface area contributed by atoms with E-state index in [-0.39, 0.29) is 0 Å². The molecule has 1 heterocycles. The van der Waals surface area contributed by atoms with E-state index in [1.807, 2.05) is 12.4 Å². The minimum absolute atomic E-state index is 0.443. The molecule has 3 nitrogen and oxygen atoms in total. The molecule has 2 fully saturated rings. The Morgan fingerprint density at radius 3 is 2.79 bits per heavy atom. The number of rotatable bonds is 4. The first-order valence-electron chi connectivity index (χ1n) is 7.63. The van der Waals surface area contributed by atoms with Crippen molar-refractivity contribution in [1.29, 1.82) is 0 Å². The van der Waals surface area contributed by atoms with Gasteiger partial charge < -0.3 is 5.32 Å². The van der Waals surface area contributed by atoms with Gasteiger partial charge in [-0.15, -0.1) is 0 Å². The van der Waals surface area contributed by atoms with Crippen molar-refractivity contribution in [3.63, 3.8) is 0 Å². The molecule has 104 valence electrons. The summed E-state index contributed by atoms with van der Waals surface area (Å²) in [5.74, 6) is 1.30. The minimum Gasteiger partial charge on any atom is -0.314 e. The molecule has 1 aromatic heterocycles. The molecule has 1 aromatic rings. The zero-order valence-electron chi connectivity index (χ0n) is 12.1. The SMILES string of the molecule is CC1(C)CCC(CNC2CC2)C(c2cnccn2)C1. The number of hydrogen-bond donors (Lipinski definition) is 1. The monoisotopic (exact) mass is 259 g/mol. The Hall–Kier alpha value is -0.960. The van der Waals surface area contributed by atoms with Crippen molar-refractivity contribution in [3.05, 3.63) is 24.3 Å². The quantitative estimate of drug-likeness (QED) is 0.902. The average Bonchev–Trinajstić information content (AvgIpc) is 3.22. The van der Waals surface area contributed by atoms with Crippen LogP contribution in [0.5, 0.6) is 0 Å². The smallest absolute Gasteiger partial charge is 0.0620 e. The van der Waals surface area contributed by atoms with Gasteiger partial charge in [-0.1, -0.05) is 13.8 Å². The molecule has 2 aliphatic carbocycles. The first kappa shape index (κ1) is 13.0. The second kappa shape index (κ2) is 5.20. The Morgan fingerprint density at radius 2 is 2.11 bits per heavy atom. The van der Waals surface area contributed by atoms with Crippen LogP contribution in [0.2, 0.25) is 0 Å². The second-order valence-electron chi connectivity index (χ2n) is 7.09. The second-order valence-corrected chi connectivity index (χ2v) is 7.09. The summed E-state index contributed by atoms with van der Waals surface area (Å²) in [4.78, 5) is 8.84. The van der Waals surface area contributed by atoms with Crippen molar-refractivity contribution in [2.24, 2.45) is 11.3 Å². The van der Waals surface area contributed by atoms with Crippen LogP contribution in [0, 0.1) is 11.3 Å². The summed E-state index contributed by atoms with van der Waals surface area (Å²) in [5, 5.41) is 3.71. The standard InChI is InChI=1S/C16H25N3/c1-16(2)6-5-12(10-19-13-3-4-13)14(9-16)15-11-17-7-8-18-15/h7-8,11-14,19H,3-6,9-10H2,1-2H3. The van der Waals surface area contributed by atoms with Crippen LogP contribution in [-0.4, -0.2) is 22.6 Å². The van der Waals surface area contributed by atoms with E-state index in [2.05, 4.69) is 29.1 Å². The Morgan fingerprint density at radius 1 is 1.26 bits per heavy atom. The van der Waals surface area contributed by atoms with Crippen molar-refractivity contribution >= 4 is 0 Å². The van der Waals surface area contributed by atoms with Gasteiger partial charge in [0.25, 0.3) is 0 Å². The highest BCUT2D eigenvalue weighted by Crippen LogP contribution is 2.46. The molecule has 1 N–H and O–H groups in total. The van der Waals surface area contributed by atoms with E-state index in [9.17, 15) is 0 Å².